The van der Waals surface area contributed by atoms with Gasteiger partial charge in [0.25, 0.3) is 0 Å². The van der Waals surface area contributed by atoms with Crippen LogP contribution in [0.2, 0.25) is 0 Å². The van der Waals surface area contributed by atoms with Crippen molar-refractivity contribution in [1.82, 2.24) is 20.1 Å². The molecule has 3 rings (SSSR count). The molecule has 0 spiro atoms. The Kier molecular flexibility index (Phi) is 5.53. The van der Waals surface area contributed by atoms with Gasteiger partial charge in [0.05, 0.1) is 5.92 Å². The van der Waals surface area contributed by atoms with Gasteiger partial charge in [0.15, 0.2) is 0 Å². The molecule has 1 aromatic heterocycles. The molecule has 1 N–H and O–H groups in total. The van der Waals surface area contributed by atoms with Gasteiger partial charge in [-0.25, -0.2) is 4.98 Å². The lowest BCUT2D eigenvalue weighted by Crippen LogP contribution is -2.44. The van der Waals surface area contributed by atoms with Gasteiger partial charge in [-0.05, 0) is 25.6 Å². The molecule has 1 aromatic rings. The summed E-state index contributed by atoms with van der Waals surface area (Å²) in [7, 11) is 2.13. The number of anilines is 1. The van der Waals surface area contributed by atoms with Crippen molar-refractivity contribution >= 4 is 17.6 Å². The number of aromatic nitrogens is 1. The molecule has 2 amide bonds. The smallest absolute Gasteiger partial charge is 0.225 e. The van der Waals surface area contributed by atoms with Gasteiger partial charge in [0.1, 0.15) is 5.82 Å². The average Bonchev–Trinajstić information content (AvgIpc) is 3.02. The number of likely N-dealkylation sites (N-methyl/N-ethyl adjacent to an activating group) is 1. The fourth-order valence-corrected chi connectivity index (χ4v) is 3.33. The monoisotopic (exact) mass is 345 g/mol. The van der Waals surface area contributed by atoms with Crippen LogP contribution in [0, 0.1) is 5.92 Å². The number of piperazine rings is 1. The van der Waals surface area contributed by atoms with Crippen molar-refractivity contribution in [3.63, 3.8) is 0 Å². The van der Waals surface area contributed by atoms with E-state index in [4.69, 9.17) is 0 Å². The van der Waals surface area contributed by atoms with Crippen LogP contribution >= 0.6 is 0 Å². The first-order valence-electron chi connectivity index (χ1n) is 9.00. The first-order chi connectivity index (χ1) is 12.1. The minimum atomic E-state index is -0.231. The lowest BCUT2D eigenvalue weighted by atomic mass is 10.1. The Morgan fingerprint density at radius 2 is 2.04 bits per heavy atom. The molecular formula is C18H27N5O2. The van der Waals surface area contributed by atoms with Crippen LogP contribution < -0.4 is 10.2 Å². The van der Waals surface area contributed by atoms with Crippen molar-refractivity contribution in [3.05, 3.63) is 23.9 Å². The topological polar surface area (TPSA) is 68.8 Å². The summed E-state index contributed by atoms with van der Waals surface area (Å²) in [5, 5.41) is 2.93. The lowest BCUT2D eigenvalue weighted by molar-refractivity contribution is -0.128. The Morgan fingerprint density at radius 1 is 1.28 bits per heavy atom. The fraction of sp³-hybridized carbons (Fsp3) is 0.611. The van der Waals surface area contributed by atoms with E-state index >= 15 is 0 Å². The van der Waals surface area contributed by atoms with Crippen LogP contribution in [0.5, 0.6) is 0 Å². The molecule has 1 unspecified atom stereocenters. The highest BCUT2D eigenvalue weighted by atomic mass is 16.2. The van der Waals surface area contributed by atoms with Gasteiger partial charge in [-0.2, -0.15) is 0 Å². The van der Waals surface area contributed by atoms with Gasteiger partial charge in [-0.3, -0.25) is 9.59 Å². The van der Waals surface area contributed by atoms with Crippen LogP contribution in [0.4, 0.5) is 5.82 Å². The summed E-state index contributed by atoms with van der Waals surface area (Å²) in [5.74, 6) is 0.779. The largest absolute Gasteiger partial charge is 0.354 e. The Morgan fingerprint density at radius 3 is 2.64 bits per heavy atom. The van der Waals surface area contributed by atoms with Crippen LogP contribution in [-0.2, 0) is 16.1 Å². The zero-order valence-corrected chi connectivity index (χ0v) is 15.1. The number of hydrogen-bond acceptors (Lipinski definition) is 5. The quantitative estimate of drug-likeness (QED) is 0.832. The average molecular weight is 345 g/mol. The number of nitrogens with one attached hydrogen (secondary N) is 1. The van der Waals surface area contributed by atoms with Crippen molar-refractivity contribution in [2.45, 2.75) is 19.9 Å². The van der Waals surface area contributed by atoms with Crippen molar-refractivity contribution in [2.75, 3.05) is 51.2 Å². The normalized spacial score (nSPS) is 21.7. The van der Waals surface area contributed by atoms with Gasteiger partial charge in [0.2, 0.25) is 11.8 Å². The molecule has 2 aliphatic heterocycles. The molecule has 2 aliphatic rings. The second-order valence-corrected chi connectivity index (χ2v) is 6.87. The predicted molar refractivity (Wildman–Crippen MR) is 96.2 cm³/mol. The highest BCUT2D eigenvalue weighted by Crippen LogP contribution is 2.18. The van der Waals surface area contributed by atoms with Gasteiger partial charge >= 0.3 is 0 Å². The first kappa shape index (κ1) is 17.7. The number of carbonyl (C=O) groups excluding carboxylic acids is 2. The van der Waals surface area contributed by atoms with E-state index < -0.39 is 0 Å². The Hall–Kier alpha value is -2.15. The number of hydrogen-bond donors (Lipinski definition) is 1. The third-order valence-corrected chi connectivity index (χ3v) is 5.07. The van der Waals surface area contributed by atoms with E-state index in [0.29, 0.717) is 26.1 Å². The summed E-state index contributed by atoms with van der Waals surface area (Å²) in [4.78, 5) is 34.8. The molecule has 3 heterocycles. The van der Waals surface area contributed by atoms with Crippen LogP contribution in [-0.4, -0.2) is 72.9 Å². The standard InChI is InChI=1S/C18H27N5O2/c1-3-22-13-15(10-17(22)24)18(25)20-12-14-4-5-16(19-11-14)23-8-6-21(2)7-9-23/h4-5,11,15H,3,6-10,12-13H2,1-2H3,(H,20,25). The molecule has 136 valence electrons. The Balaban J connectivity index is 1.49. The molecule has 0 bridgehead atoms. The molecule has 1 atom stereocenters. The summed E-state index contributed by atoms with van der Waals surface area (Å²) >= 11 is 0. The summed E-state index contributed by atoms with van der Waals surface area (Å²) in [6.45, 7) is 7.66. The van der Waals surface area contributed by atoms with Crippen LogP contribution in [0.15, 0.2) is 18.3 Å². The van der Waals surface area contributed by atoms with Crippen LogP contribution in [0.3, 0.4) is 0 Å². The Bertz CT molecular complexity index is 610. The molecule has 25 heavy (non-hydrogen) atoms. The minimum Gasteiger partial charge on any atom is -0.354 e. The maximum atomic E-state index is 12.2. The van der Waals surface area contributed by atoms with E-state index in [0.717, 1.165) is 37.6 Å². The highest BCUT2D eigenvalue weighted by molar-refractivity contribution is 5.89. The molecule has 0 saturated carbocycles. The van der Waals surface area contributed by atoms with E-state index in [1.54, 1.807) is 4.90 Å². The number of amides is 2. The molecular weight excluding hydrogens is 318 g/mol. The predicted octanol–water partition coefficient (Wildman–Crippen LogP) is 0.318. The zero-order valence-electron chi connectivity index (χ0n) is 15.1. The van der Waals surface area contributed by atoms with Crippen LogP contribution in [0.1, 0.15) is 18.9 Å². The first-order valence-corrected chi connectivity index (χ1v) is 9.00. The number of carbonyl (C=O) groups is 2. The summed E-state index contributed by atoms with van der Waals surface area (Å²) in [6.07, 6.45) is 2.15. The Labute approximate surface area is 149 Å². The van der Waals surface area contributed by atoms with Crippen molar-refractivity contribution < 1.29 is 9.59 Å². The molecule has 7 heteroatoms. The number of rotatable bonds is 5. The summed E-state index contributed by atoms with van der Waals surface area (Å²) < 4.78 is 0. The van der Waals surface area contributed by atoms with E-state index in [1.165, 1.54) is 0 Å². The maximum Gasteiger partial charge on any atom is 0.225 e. The van der Waals surface area contributed by atoms with Gasteiger partial charge in [-0.1, -0.05) is 6.07 Å². The minimum absolute atomic E-state index is 0.0487. The zero-order chi connectivity index (χ0) is 17.8. The van der Waals surface area contributed by atoms with Crippen molar-refractivity contribution in [1.29, 1.82) is 0 Å². The van der Waals surface area contributed by atoms with Gasteiger partial charge in [0, 0.05) is 58.4 Å². The van der Waals surface area contributed by atoms with E-state index in [-0.39, 0.29) is 17.7 Å². The summed E-state index contributed by atoms with van der Waals surface area (Å²) in [5.41, 5.74) is 0.975. The lowest BCUT2D eigenvalue weighted by Gasteiger charge is -2.33. The summed E-state index contributed by atoms with van der Waals surface area (Å²) in [6, 6.07) is 4.03. The fourth-order valence-electron chi connectivity index (χ4n) is 3.33. The van der Waals surface area contributed by atoms with Gasteiger partial charge < -0.3 is 20.0 Å². The second-order valence-electron chi connectivity index (χ2n) is 6.87. The molecule has 2 fully saturated rings. The van der Waals surface area contributed by atoms with E-state index in [2.05, 4.69) is 27.1 Å². The number of likely N-dealkylation sites (tertiary alicyclic amines) is 1. The highest BCUT2D eigenvalue weighted by Gasteiger charge is 2.33. The second kappa shape index (κ2) is 7.82. The molecule has 0 aliphatic carbocycles. The SMILES string of the molecule is CCN1CC(C(=O)NCc2ccc(N3CCN(C)CC3)nc2)CC1=O. The maximum absolute atomic E-state index is 12.2. The van der Waals surface area contributed by atoms with Crippen LogP contribution in [0.25, 0.3) is 0 Å². The van der Waals surface area contributed by atoms with E-state index in [1.807, 2.05) is 25.3 Å². The number of nitrogens with zero attached hydrogens (tertiary/aromatic N) is 4. The van der Waals surface area contributed by atoms with Crippen molar-refractivity contribution in [3.8, 4) is 0 Å². The molecule has 7 nitrogen and oxygen atoms in total. The molecule has 2 saturated heterocycles. The third-order valence-electron chi connectivity index (χ3n) is 5.07. The van der Waals surface area contributed by atoms with Crippen molar-refractivity contribution in [2.24, 2.45) is 5.92 Å². The number of pyridine rings is 1. The molecule has 0 radical (unpaired) electrons. The third kappa shape index (κ3) is 4.28. The van der Waals surface area contributed by atoms with E-state index in [9.17, 15) is 9.59 Å². The molecule has 0 aromatic carbocycles. The van der Waals surface area contributed by atoms with Gasteiger partial charge in [-0.15, -0.1) is 0 Å².